The maximum atomic E-state index is 5.50. The van der Waals surface area contributed by atoms with Crippen LogP contribution in [0.25, 0.3) is 0 Å². The zero-order valence-corrected chi connectivity index (χ0v) is 14.3. The Balaban J connectivity index is 2.49. The summed E-state index contributed by atoms with van der Waals surface area (Å²) < 4.78 is 5.50. The highest BCUT2D eigenvalue weighted by Crippen LogP contribution is 2.20. The summed E-state index contributed by atoms with van der Waals surface area (Å²) in [6, 6.07) is 1.37. The third-order valence-corrected chi connectivity index (χ3v) is 4.53. The van der Waals surface area contributed by atoms with Crippen molar-refractivity contribution in [2.45, 2.75) is 66.0 Å². The maximum absolute atomic E-state index is 5.50. The fraction of sp³-hybridized carbons (Fsp3) is 1.00. The molecule has 1 N–H and O–H groups in total. The normalized spacial score (nSPS) is 26.1. The van der Waals surface area contributed by atoms with Crippen molar-refractivity contribution in [1.82, 2.24) is 10.2 Å². The predicted octanol–water partition coefficient (Wildman–Crippen LogP) is 3.15. The van der Waals surface area contributed by atoms with Gasteiger partial charge in [0.15, 0.2) is 0 Å². The topological polar surface area (TPSA) is 24.5 Å². The summed E-state index contributed by atoms with van der Waals surface area (Å²) in [5, 5.41) is 3.77. The molecule has 0 aromatic carbocycles. The lowest BCUT2D eigenvalue weighted by Crippen LogP contribution is -2.58. The molecule has 3 unspecified atom stereocenters. The number of hydrogen-bond donors (Lipinski definition) is 1. The maximum Gasteiger partial charge on any atom is 0.0478 e. The molecule has 0 radical (unpaired) electrons. The summed E-state index contributed by atoms with van der Waals surface area (Å²) >= 11 is 0. The van der Waals surface area contributed by atoms with Crippen LogP contribution in [-0.4, -0.2) is 49.8 Å². The highest BCUT2D eigenvalue weighted by Gasteiger charge is 2.30. The number of piperazine rings is 1. The minimum Gasteiger partial charge on any atom is -0.382 e. The number of rotatable bonds is 9. The lowest BCUT2D eigenvalue weighted by Gasteiger charge is -2.43. The lowest BCUT2D eigenvalue weighted by molar-refractivity contribution is 0.0690. The Morgan fingerprint density at radius 3 is 2.60 bits per heavy atom. The van der Waals surface area contributed by atoms with Crippen molar-refractivity contribution < 1.29 is 4.74 Å². The van der Waals surface area contributed by atoms with Crippen LogP contribution in [0.4, 0.5) is 0 Å². The largest absolute Gasteiger partial charge is 0.382 e. The second-order valence-corrected chi connectivity index (χ2v) is 6.73. The summed E-state index contributed by atoms with van der Waals surface area (Å²) in [7, 11) is 0. The Bertz CT molecular complexity index is 245. The van der Waals surface area contributed by atoms with Gasteiger partial charge >= 0.3 is 0 Å². The molecular formula is C17H36N2O. The Morgan fingerprint density at radius 2 is 2.00 bits per heavy atom. The van der Waals surface area contributed by atoms with Crippen molar-refractivity contribution in [1.29, 1.82) is 0 Å². The van der Waals surface area contributed by atoms with Crippen LogP contribution >= 0.6 is 0 Å². The molecule has 0 amide bonds. The first kappa shape index (κ1) is 17.9. The molecule has 0 spiro atoms. The summed E-state index contributed by atoms with van der Waals surface area (Å²) in [4.78, 5) is 2.72. The van der Waals surface area contributed by atoms with Crippen molar-refractivity contribution in [2.24, 2.45) is 11.8 Å². The van der Waals surface area contributed by atoms with Crippen LogP contribution in [0.1, 0.15) is 53.9 Å². The Labute approximate surface area is 126 Å². The van der Waals surface area contributed by atoms with Crippen LogP contribution < -0.4 is 5.32 Å². The number of nitrogens with one attached hydrogen (secondary N) is 1. The van der Waals surface area contributed by atoms with E-state index >= 15 is 0 Å². The van der Waals surface area contributed by atoms with Gasteiger partial charge in [0.25, 0.3) is 0 Å². The van der Waals surface area contributed by atoms with Crippen LogP contribution in [0, 0.1) is 11.8 Å². The predicted molar refractivity (Wildman–Crippen MR) is 87.2 cm³/mol. The smallest absolute Gasteiger partial charge is 0.0478 e. The quantitative estimate of drug-likeness (QED) is 0.658. The van der Waals surface area contributed by atoms with Gasteiger partial charge in [-0.3, -0.25) is 4.90 Å². The molecule has 3 atom stereocenters. The van der Waals surface area contributed by atoms with Gasteiger partial charge in [0.05, 0.1) is 0 Å². The Hall–Kier alpha value is -0.120. The van der Waals surface area contributed by atoms with Crippen molar-refractivity contribution in [2.75, 3.05) is 32.8 Å². The first-order chi connectivity index (χ1) is 9.58. The van der Waals surface area contributed by atoms with Crippen LogP contribution in [0.15, 0.2) is 0 Å². The third-order valence-electron chi connectivity index (χ3n) is 4.53. The van der Waals surface area contributed by atoms with E-state index in [0.29, 0.717) is 12.1 Å². The van der Waals surface area contributed by atoms with E-state index in [1.807, 2.05) is 0 Å². The van der Waals surface area contributed by atoms with Gasteiger partial charge in [0.2, 0.25) is 0 Å². The molecule has 0 bridgehead atoms. The summed E-state index contributed by atoms with van der Waals surface area (Å²) in [6.45, 7) is 16.7. The third kappa shape index (κ3) is 6.11. The SMILES string of the molecule is CCOCCCN1CC(CC(C)C)NCC1C(C)CC. The van der Waals surface area contributed by atoms with Crippen molar-refractivity contribution in [3.05, 3.63) is 0 Å². The Kier molecular flexibility index (Phi) is 8.74. The summed E-state index contributed by atoms with van der Waals surface area (Å²) in [6.07, 6.45) is 3.72. The first-order valence-corrected chi connectivity index (χ1v) is 8.63. The Morgan fingerprint density at radius 1 is 1.25 bits per heavy atom. The van der Waals surface area contributed by atoms with E-state index in [4.69, 9.17) is 4.74 Å². The van der Waals surface area contributed by atoms with Crippen LogP contribution in [0.5, 0.6) is 0 Å². The highest BCUT2D eigenvalue weighted by molar-refractivity contribution is 4.88. The van der Waals surface area contributed by atoms with Gasteiger partial charge in [-0.15, -0.1) is 0 Å². The van der Waals surface area contributed by atoms with Crippen LogP contribution in [0.2, 0.25) is 0 Å². The molecule has 1 aliphatic heterocycles. The molecule has 1 aliphatic rings. The first-order valence-electron chi connectivity index (χ1n) is 8.63. The molecule has 1 saturated heterocycles. The zero-order valence-electron chi connectivity index (χ0n) is 14.3. The van der Waals surface area contributed by atoms with E-state index in [2.05, 4.69) is 44.8 Å². The van der Waals surface area contributed by atoms with E-state index in [9.17, 15) is 0 Å². The monoisotopic (exact) mass is 284 g/mol. The minimum absolute atomic E-state index is 0.669. The van der Waals surface area contributed by atoms with Gasteiger partial charge in [-0.2, -0.15) is 0 Å². The van der Waals surface area contributed by atoms with Gasteiger partial charge in [-0.1, -0.05) is 34.1 Å². The second kappa shape index (κ2) is 9.75. The molecule has 0 aromatic rings. The molecular weight excluding hydrogens is 248 g/mol. The van der Waals surface area contributed by atoms with Gasteiger partial charge < -0.3 is 10.1 Å². The summed E-state index contributed by atoms with van der Waals surface area (Å²) in [5.74, 6) is 1.55. The van der Waals surface area contributed by atoms with E-state index in [-0.39, 0.29) is 0 Å². The standard InChI is InChI=1S/C17H36N2O/c1-6-15(5)17-12-18-16(11-14(3)4)13-19(17)9-8-10-20-7-2/h14-18H,6-13H2,1-5H3. The molecule has 0 aromatic heterocycles. The number of nitrogens with zero attached hydrogens (tertiary/aromatic N) is 1. The van der Waals surface area contributed by atoms with Crippen LogP contribution in [-0.2, 0) is 4.74 Å². The molecule has 1 heterocycles. The van der Waals surface area contributed by atoms with Crippen molar-refractivity contribution in [3.8, 4) is 0 Å². The van der Waals surface area contributed by atoms with Crippen molar-refractivity contribution >= 4 is 0 Å². The molecule has 0 aliphatic carbocycles. The molecule has 3 heteroatoms. The van der Waals surface area contributed by atoms with Gasteiger partial charge in [0.1, 0.15) is 0 Å². The molecule has 1 rings (SSSR count). The summed E-state index contributed by atoms with van der Waals surface area (Å²) in [5.41, 5.74) is 0. The second-order valence-electron chi connectivity index (χ2n) is 6.73. The number of ether oxygens (including phenoxy) is 1. The highest BCUT2D eigenvalue weighted by atomic mass is 16.5. The number of hydrogen-bond acceptors (Lipinski definition) is 3. The average Bonchev–Trinajstić information content (AvgIpc) is 2.42. The fourth-order valence-electron chi connectivity index (χ4n) is 3.23. The van der Waals surface area contributed by atoms with Crippen LogP contribution in [0.3, 0.4) is 0 Å². The molecule has 0 saturated carbocycles. The minimum atomic E-state index is 0.669. The van der Waals surface area contributed by atoms with E-state index in [1.165, 1.54) is 25.9 Å². The average molecular weight is 284 g/mol. The lowest BCUT2D eigenvalue weighted by atomic mass is 9.92. The fourth-order valence-corrected chi connectivity index (χ4v) is 3.23. The molecule has 20 heavy (non-hydrogen) atoms. The van der Waals surface area contributed by atoms with E-state index in [1.54, 1.807) is 0 Å². The van der Waals surface area contributed by atoms with Gasteiger partial charge in [-0.25, -0.2) is 0 Å². The van der Waals surface area contributed by atoms with Gasteiger partial charge in [0, 0.05) is 44.9 Å². The van der Waals surface area contributed by atoms with Gasteiger partial charge in [-0.05, 0) is 31.6 Å². The molecule has 1 fully saturated rings. The molecule has 120 valence electrons. The van der Waals surface area contributed by atoms with E-state index in [0.717, 1.165) is 38.0 Å². The zero-order chi connectivity index (χ0) is 15.0. The molecule has 3 nitrogen and oxygen atoms in total. The van der Waals surface area contributed by atoms with E-state index < -0.39 is 0 Å². The van der Waals surface area contributed by atoms with Crippen molar-refractivity contribution in [3.63, 3.8) is 0 Å².